The lowest BCUT2D eigenvalue weighted by atomic mass is 10.2. The van der Waals surface area contributed by atoms with E-state index >= 15 is 0 Å². The van der Waals surface area contributed by atoms with Crippen LogP contribution in [0.4, 0.5) is 0 Å². The molecule has 0 saturated carbocycles. The molecule has 1 unspecified atom stereocenters. The van der Waals surface area contributed by atoms with E-state index in [1.54, 1.807) is 7.11 Å². The second-order valence-electron chi connectivity index (χ2n) is 5.24. The molecule has 5 nitrogen and oxygen atoms in total. The number of pyridine rings is 1. The van der Waals surface area contributed by atoms with Gasteiger partial charge in [0.25, 0.3) is 0 Å². The van der Waals surface area contributed by atoms with E-state index in [1.807, 2.05) is 12.3 Å². The molecule has 0 aliphatic carbocycles. The van der Waals surface area contributed by atoms with Crippen molar-refractivity contribution in [2.75, 3.05) is 47.4 Å². The molecule has 0 bridgehead atoms. The predicted octanol–water partition coefficient (Wildman–Crippen LogP) is 0.426. The highest BCUT2D eigenvalue weighted by molar-refractivity contribution is 5.17. The van der Waals surface area contributed by atoms with Gasteiger partial charge in [-0.15, -0.1) is 0 Å². The molecular weight excluding hydrogens is 240 g/mol. The lowest BCUT2D eigenvalue weighted by Crippen LogP contribution is -2.53. The van der Waals surface area contributed by atoms with Crippen LogP contribution in [0.3, 0.4) is 0 Å². The summed E-state index contributed by atoms with van der Waals surface area (Å²) in [6, 6.07) is 4.54. The molecule has 106 valence electrons. The number of piperazine rings is 1. The van der Waals surface area contributed by atoms with Crippen LogP contribution in [-0.4, -0.2) is 68.2 Å². The van der Waals surface area contributed by atoms with E-state index in [-0.39, 0.29) is 0 Å². The fourth-order valence-electron chi connectivity index (χ4n) is 2.34. The van der Waals surface area contributed by atoms with Gasteiger partial charge < -0.3 is 15.0 Å². The van der Waals surface area contributed by atoms with E-state index in [9.17, 15) is 0 Å². The maximum Gasteiger partial charge on any atom is 0.212 e. The quantitative estimate of drug-likeness (QED) is 0.835. The van der Waals surface area contributed by atoms with Crippen molar-refractivity contribution in [3.63, 3.8) is 0 Å². The third-order valence-corrected chi connectivity index (χ3v) is 3.70. The van der Waals surface area contributed by atoms with Gasteiger partial charge in [0.15, 0.2) is 0 Å². The van der Waals surface area contributed by atoms with Crippen molar-refractivity contribution in [2.24, 2.45) is 0 Å². The molecular formula is C14H24N4O. The zero-order valence-corrected chi connectivity index (χ0v) is 12.1. The Kier molecular flexibility index (Phi) is 5.13. The van der Waals surface area contributed by atoms with E-state index in [2.05, 4.69) is 40.3 Å². The van der Waals surface area contributed by atoms with Crippen molar-refractivity contribution in [1.29, 1.82) is 0 Å². The van der Waals surface area contributed by atoms with Crippen molar-refractivity contribution in [3.8, 4) is 5.88 Å². The fourth-order valence-corrected chi connectivity index (χ4v) is 2.34. The molecule has 1 aromatic heterocycles. The van der Waals surface area contributed by atoms with Crippen molar-refractivity contribution >= 4 is 0 Å². The molecule has 1 fully saturated rings. The van der Waals surface area contributed by atoms with Crippen LogP contribution < -0.4 is 10.1 Å². The Morgan fingerprint density at radius 1 is 1.37 bits per heavy atom. The molecule has 0 amide bonds. The summed E-state index contributed by atoms with van der Waals surface area (Å²) in [5.41, 5.74) is 1.19. The van der Waals surface area contributed by atoms with E-state index in [4.69, 9.17) is 4.74 Å². The van der Waals surface area contributed by atoms with Crippen molar-refractivity contribution < 1.29 is 4.74 Å². The molecule has 1 N–H and O–H groups in total. The number of rotatable bonds is 5. The SMILES string of the molecule is COc1ccc(CNCC2CN(C)CCN2C)cn1. The monoisotopic (exact) mass is 264 g/mol. The highest BCUT2D eigenvalue weighted by Crippen LogP contribution is 2.07. The average molecular weight is 264 g/mol. The van der Waals surface area contributed by atoms with E-state index < -0.39 is 0 Å². The summed E-state index contributed by atoms with van der Waals surface area (Å²) in [7, 11) is 6.03. The third kappa shape index (κ3) is 4.16. The molecule has 2 heterocycles. The highest BCUT2D eigenvalue weighted by atomic mass is 16.5. The minimum absolute atomic E-state index is 0.588. The summed E-state index contributed by atoms with van der Waals surface area (Å²) in [6.07, 6.45) is 1.86. The minimum Gasteiger partial charge on any atom is -0.481 e. The van der Waals surface area contributed by atoms with Gasteiger partial charge in [0, 0.05) is 51.0 Å². The molecule has 1 aliphatic heterocycles. The molecule has 1 aromatic rings. The van der Waals surface area contributed by atoms with Gasteiger partial charge in [-0.1, -0.05) is 6.07 Å². The molecule has 0 radical (unpaired) electrons. The van der Waals surface area contributed by atoms with Crippen molar-refractivity contribution in [2.45, 2.75) is 12.6 Å². The van der Waals surface area contributed by atoms with Crippen LogP contribution in [0.25, 0.3) is 0 Å². The topological polar surface area (TPSA) is 40.6 Å². The number of aromatic nitrogens is 1. The number of nitrogens with one attached hydrogen (secondary N) is 1. The second kappa shape index (κ2) is 6.84. The summed E-state index contributed by atoms with van der Waals surface area (Å²) in [5, 5.41) is 3.51. The van der Waals surface area contributed by atoms with Gasteiger partial charge in [-0.2, -0.15) is 0 Å². The predicted molar refractivity (Wildman–Crippen MR) is 76.4 cm³/mol. The summed E-state index contributed by atoms with van der Waals surface area (Å²) in [4.78, 5) is 9.03. The first-order chi connectivity index (χ1) is 9.19. The Bertz CT molecular complexity index is 382. The van der Waals surface area contributed by atoms with Gasteiger partial charge >= 0.3 is 0 Å². The third-order valence-electron chi connectivity index (χ3n) is 3.70. The molecule has 1 saturated heterocycles. The molecule has 0 aromatic carbocycles. The molecule has 1 atom stereocenters. The maximum atomic E-state index is 5.05. The molecule has 19 heavy (non-hydrogen) atoms. The van der Waals surface area contributed by atoms with Crippen LogP contribution in [0.15, 0.2) is 18.3 Å². The van der Waals surface area contributed by atoms with Gasteiger partial charge in [-0.05, 0) is 19.7 Å². The van der Waals surface area contributed by atoms with E-state index in [0.717, 1.165) is 32.7 Å². The van der Waals surface area contributed by atoms with Crippen molar-refractivity contribution in [3.05, 3.63) is 23.9 Å². The summed E-state index contributed by atoms with van der Waals surface area (Å²) >= 11 is 0. The number of nitrogens with zero attached hydrogens (tertiary/aromatic N) is 3. The van der Waals surface area contributed by atoms with Gasteiger partial charge in [0.05, 0.1) is 7.11 Å². The summed E-state index contributed by atoms with van der Waals surface area (Å²) < 4.78 is 5.05. The number of hydrogen-bond donors (Lipinski definition) is 1. The van der Waals surface area contributed by atoms with Gasteiger partial charge in [0.2, 0.25) is 5.88 Å². The first kappa shape index (κ1) is 14.2. The zero-order valence-electron chi connectivity index (χ0n) is 12.1. The summed E-state index contributed by atoms with van der Waals surface area (Å²) in [6.45, 7) is 5.30. The zero-order chi connectivity index (χ0) is 13.7. The van der Waals surface area contributed by atoms with Crippen LogP contribution in [0.5, 0.6) is 5.88 Å². The van der Waals surface area contributed by atoms with E-state index in [0.29, 0.717) is 11.9 Å². The normalized spacial score (nSPS) is 21.5. The van der Waals surface area contributed by atoms with Gasteiger partial charge in [-0.3, -0.25) is 4.90 Å². The molecule has 5 heteroatoms. The van der Waals surface area contributed by atoms with E-state index in [1.165, 1.54) is 5.56 Å². The van der Waals surface area contributed by atoms with Crippen LogP contribution in [0.1, 0.15) is 5.56 Å². The number of likely N-dealkylation sites (N-methyl/N-ethyl adjacent to an activating group) is 2. The number of hydrogen-bond acceptors (Lipinski definition) is 5. The Morgan fingerprint density at radius 2 is 2.21 bits per heavy atom. The van der Waals surface area contributed by atoms with Crippen molar-refractivity contribution in [1.82, 2.24) is 20.1 Å². The lowest BCUT2D eigenvalue weighted by Gasteiger charge is -2.37. The van der Waals surface area contributed by atoms with Gasteiger partial charge in [-0.25, -0.2) is 4.98 Å². The van der Waals surface area contributed by atoms with Crippen LogP contribution in [0.2, 0.25) is 0 Å². The Hall–Kier alpha value is -1.17. The number of ether oxygens (including phenoxy) is 1. The maximum absolute atomic E-state index is 5.05. The fraction of sp³-hybridized carbons (Fsp3) is 0.643. The second-order valence-corrected chi connectivity index (χ2v) is 5.24. The standard InChI is InChI=1S/C14H24N4O/c1-17-6-7-18(2)13(11-17)10-15-8-12-4-5-14(19-3)16-9-12/h4-5,9,13,15H,6-8,10-11H2,1-3H3. The largest absolute Gasteiger partial charge is 0.481 e. The summed E-state index contributed by atoms with van der Waals surface area (Å²) in [5.74, 6) is 0.664. The Labute approximate surface area is 115 Å². The smallest absolute Gasteiger partial charge is 0.212 e. The molecule has 2 rings (SSSR count). The molecule has 1 aliphatic rings. The first-order valence-corrected chi connectivity index (χ1v) is 6.77. The average Bonchev–Trinajstić information content (AvgIpc) is 2.43. The van der Waals surface area contributed by atoms with Gasteiger partial charge in [0.1, 0.15) is 0 Å². The van der Waals surface area contributed by atoms with Crippen LogP contribution >= 0.6 is 0 Å². The highest BCUT2D eigenvalue weighted by Gasteiger charge is 2.21. The van der Waals surface area contributed by atoms with Crippen LogP contribution in [-0.2, 0) is 6.54 Å². The molecule has 0 spiro atoms. The Morgan fingerprint density at radius 3 is 2.89 bits per heavy atom. The minimum atomic E-state index is 0.588. The number of methoxy groups -OCH3 is 1. The van der Waals surface area contributed by atoms with Crippen LogP contribution in [0, 0.1) is 0 Å². The Balaban J connectivity index is 1.75. The lowest BCUT2D eigenvalue weighted by molar-refractivity contribution is 0.113. The first-order valence-electron chi connectivity index (χ1n) is 6.77.